The third-order valence-corrected chi connectivity index (χ3v) is 4.94. The number of nitrogens with one attached hydrogen (secondary N) is 1. The summed E-state index contributed by atoms with van der Waals surface area (Å²) in [4.78, 5) is 27.0. The Bertz CT molecular complexity index is 945. The number of rotatable bonds is 5. The van der Waals surface area contributed by atoms with Crippen molar-refractivity contribution in [2.75, 3.05) is 19.6 Å². The zero-order chi connectivity index (χ0) is 21.0. The average molecular weight is 405 g/mol. The number of pyridine rings is 1. The Labute approximate surface area is 166 Å². The van der Waals surface area contributed by atoms with Gasteiger partial charge < -0.3 is 5.32 Å². The molecule has 29 heavy (non-hydrogen) atoms. The van der Waals surface area contributed by atoms with E-state index in [0.29, 0.717) is 0 Å². The Morgan fingerprint density at radius 2 is 1.93 bits per heavy atom. The van der Waals surface area contributed by atoms with Gasteiger partial charge in [-0.15, -0.1) is 6.58 Å². The van der Waals surface area contributed by atoms with Crippen LogP contribution in [0.5, 0.6) is 0 Å². The smallest absolute Gasteiger partial charge is 0.349 e. The molecule has 0 aliphatic carbocycles. The third kappa shape index (κ3) is 5.14. The summed E-state index contributed by atoms with van der Waals surface area (Å²) in [5.41, 5.74) is -1.10. The van der Waals surface area contributed by atoms with E-state index in [0.717, 1.165) is 49.2 Å². The van der Waals surface area contributed by atoms with Gasteiger partial charge in [-0.05, 0) is 37.1 Å². The number of carbonyl (C=O) groups excluding carboxylic acids is 1. The van der Waals surface area contributed by atoms with E-state index in [1.54, 1.807) is 0 Å². The van der Waals surface area contributed by atoms with Crippen molar-refractivity contribution >= 4 is 5.91 Å². The van der Waals surface area contributed by atoms with Gasteiger partial charge in [0.2, 0.25) is 0 Å². The van der Waals surface area contributed by atoms with Crippen LogP contribution in [0.1, 0.15) is 28.8 Å². The van der Waals surface area contributed by atoms with Crippen LogP contribution in [0.4, 0.5) is 13.2 Å². The molecule has 0 radical (unpaired) electrons. The zero-order valence-electron chi connectivity index (χ0n) is 15.8. The van der Waals surface area contributed by atoms with Gasteiger partial charge in [-0.3, -0.25) is 19.1 Å². The molecule has 2 heterocycles. The van der Waals surface area contributed by atoms with Crippen molar-refractivity contribution in [1.29, 1.82) is 0 Å². The molecule has 1 aliphatic rings. The number of piperidine rings is 1. The molecule has 1 saturated heterocycles. The van der Waals surface area contributed by atoms with Crippen LogP contribution < -0.4 is 10.9 Å². The number of carbonyl (C=O) groups is 1. The van der Waals surface area contributed by atoms with Crippen molar-refractivity contribution in [3.05, 3.63) is 76.7 Å². The summed E-state index contributed by atoms with van der Waals surface area (Å²) in [5.74, 6) is -0.354. The molecule has 154 valence electrons. The summed E-state index contributed by atoms with van der Waals surface area (Å²) in [6.07, 6.45) is 0.199. The third-order valence-electron chi connectivity index (χ3n) is 4.94. The van der Waals surface area contributed by atoms with Gasteiger partial charge in [-0.25, -0.2) is 0 Å². The van der Waals surface area contributed by atoms with Crippen LogP contribution in [0.3, 0.4) is 0 Å². The predicted octanol–water partition coefficient (Wildman–Crippen LogP) is 3.24. The highest BCUT2D eigenvalue weighted by Gasteiger charge is 2.30. The quantitative estimate of drug-likeness (QED) is 0.777. The normalized spacial score (nSPS) is 15.8. The van der Waals surface area contributed by atoms with Crippen LogP contribution in [0, 0.1) is 0 Å². The maximum atomic E-state index is 13.0. The molecule has 3 rings (SSSR count). The number of benzene rings is 1. The Morgan fingerprint density at radius 3 is 2.59 bits per heavy atom. The van der Waals surface area contributed by atoms with Crippen molar-refractivity contribution in [3.8, 4) is 5.69 Å². The molecule has 1 aromatic carbocycles. The largest absolute Gasteiger partial charge is 0.416 e. The first-order valence-corrected chi connectivity index (χ1v) is 9.32. The van der Waals surface area contributed by atoms with E-state index in [9.17, 15) is 22.8 Å². The first-order chi connectivity index (χ1) is 13.8. The highest BCUT2D eigenvalue weighted by Crippen LogP contribution is 2.30. The van der Waals surface area contributed by atoms with Gasteiger partial charge in [-0.2, -0.15) is 13.2 Å². The van der Waals surface area contributed by atoms with Crippen molar-refractivity contribution in [2.24, 2.45) is 0 Å². The van der Waals surface area contributed by atoms with E-state index >= 15 is 0 Å². The molecular weight excluding hydrogens is 383 g/mol. The molecule has 8 heteroatoms. The molecule has 5 nitrogen and oxygen atoms in total. The number of nitrogens with zero attached hydrogens (tertiary/aromatic N) is 2. The minimum absolute atomic E-state index is 0.0116. The van der Waals surface area contributed by atoms with Gasteiger partial charge in [0.15, 0.2) is 0 Å². The summed E-state index contributed by atoms with van der Waals surface area (Å²) < 4.78 is 40.0. The fourth-order valence-electron chi connectivity index (χ4n) is 3.37. The Balaban J connectivity index is 1.76. The van der Waals surface area contributed by atoms with Crippen LogP contribution in [0.2, 0.25) is 0 Å². The molecule has 0 atom stereocenters. The van der Waals surface area contributed by atoms with Crippen molar-refractivity contribution in [2.45, 2.75) is 25.1 Å². The Kier molecular flexibility index (Phi) is 6.22. The van der Waals surface area contributed by atoms with Gasteiger partial charge in [0, 0.05) is 43.6 Å². The highest BCUT2D eigenvalue weighted by molar-refractivity contribution is 5.94. The maximum Gasteiger partial charge on any atom is 0.416 e. The van der Waals surface area contributed by atoms with E-state index in [1.807, 2.05) is 6.08 Å². The van der Waals surface area contributed by atoms with Gasteiger partial charge in [0.05, 0.1) is 11.1 Å². The van der Waals surface area contributed by atoms with E-state index in [4.69, 9.17) is 0 Å². The average Bonchev–Trinajstić information content (AvgIpc) is 2.69. The van der Waals surface area contributed by atoms with Gasteiger partial charge in [-0.1, -0.05) is 12.1 Å². The van der Waals surface area contributed by atoms with Crippen molar-refractivity contribution in [3.63, 3.8) is 0 Å². The number of amides is 1. The van der Waals surface area contributed by atoms with Crippen LogP contribution in [0.25, 0.3) is 5.69 Å². The second-order valence-corrected chi connectivity index (χ2v) is 7.01. The monoisotopic (exact) mass is 405 g/mol. The van der Waals surface area contributed by atoms with Crippen LogP contribution in [-0.2, 0) is 6.18 Å². The Hall–Kier alpha value is -2.87. The van der Waals surface area contributed by atoms with Crippen LogP contribution >= 0.6 is 0 Å². The molecule has 1 aliphatic heterocycles. The molecule has 1 amide bonds. The van der Waals surface area contributed by atoms with Crippen molar-refractivity contribution in [1.82, 2.24) is 14.8 Å². The minimum atomic E-state index is -4.52. The molecule has 1 N–H and O–H groups in total. The maximum absolute atomic E-state index is 13.0. The van der Waals surface area contributed by atoms with E-state index in [1.165, 1.54) is 30.5 Å². The summed E-state index contributed by atoms with van der Waals surface area (Å²) in [6, 6.07) is 7.03. The van der Waals surface area contributed by atoms with Crippen LogP contribution in [0.15, 0.2) is 60.0 Å². The highest BCUT2D eigenvalue weighted by atomic mass is 19.4. The summed E-state index contributed by atoms with van der Waals surface area (Å²) >= 11 is 0. The number of hydrogen-bond donors (Lipinski definition) is 1. The van der Waals surface area contributed by atoms with E-state index in [-0.39, 0.29) is 23.2 Å². The standard InChI is InChI=1S/C21H22F3N3O2/c1-2-10-26-11-8-17(9-12-26)25-20(29)15-6-7-19(28)27(14-15)18-5-3-4-16(13-18)21(22,23)24/h2-7,13-14,17H,1,8-12H2,(H,25,29). The molecular formula is C21H22F3N3O2. The van der Waals surface area contributed by atoms with E-state index < -0.39 is 17.3 Å². The second kappa shape index (κ2) is 8.65. The Morgan fingerprint density at radius 1 is 1.21 bits per heavy atom. The summed E-state index contributed by atoms with van der Waals surface area (Å²) in [7, 11) is 0. The van der Waals surface area contributed by atoms with Crippen molar-refractivity contribution < 1.29 is 18.0 Å². The van der Waals surface area contributed by atoms with Gasteiger partial charge in [0.25, 0.3) is 11.5 Å². The minimum Gasteiger partial charge on any atom is -0.349 e. The number of halogens is 3. The van der Waals surface area contributed by atoms with Crippen LogP contribution in [-0.4, -0.2) is 41.1 Å². The summed E-state index contributed by atoms with van der Waals surface area (Å²) in [6.45, 7) is 6.22. The van der Waals surface area contributed by atoms with Gasteiger partial charge >= 0.3 is 6.18 Å². The lowest BCUT2D eigenvalue weighted by atomic mass is 10.0. The molecule has 2 aromatic rings. The fourth-order valence-corrected chi connectivity index (χ4v) is 3.37. The number of likely N-dealkylation sites (tertiary alicyclic amines) is 1. The molecule has 0 bridgehead atoms. The molecule has 0 saturated carbocycles. The molecule has 0 spiro atoms. The zero-order valence-corrected chi connectivity index (χ0v) is 15.8. The topological polar surface area (TPSA) is 54.3 Å². The van der Waals surface area contributed by atoms with Gasteiger partial charge in [0.1, 0.15) is 0 Å². The molecule has 1 aromatic heterocycles. The SMILES string of the molecule is C=CCN1CCC(NC(=O)c2ccc(=O)n(-c3cccc(C(F)(F)F)c3)c2)CC1. The lowest BCUT2D eigenvalue weighted by molar-refractivity contribution is -0.137. The number of aromatic nitrogens is 1. The second-order valence-electron chi connectivity index (χ2n) is 7.01. The molecule has 1 fully saturated rings. The van der Waals surface area contributed by atoms with E-state index in [2.05, 4.69) is 16.8 Å². The first-order valence-electron chi connectivity index (χ1n) is 9.32. The summed E-state index contributed by atoms with van der Waals surface area (Å²) in [5, 5.41) is 2.94. The number of hydrogen-bond acceptors (Lipinski definition) is 3. The fraction of sp³-hybridized carbons (Fsp3) is 0.333. The lowest BCUT2D eigenvalue weighted by Gasteiger charge is -2.31. The number of alkyl halides is 3. The predicted molar refractivity (Wildman–Crippen MR) is 104 cm³/mol. The molecule has 0 unspecified atom stereocenters. The first kappa shape index (κ1) is 20.9. The lowest BCUT2D eigenvalue weighted by Crippen LogP contribution is -2.44.